The number of aryl methyl sites for hydroxylation is 1. The third-order valence-electron chi connectivity index (χ3n) is 6.17. The fraction of sp³-hybridized carbons (Fsp3) is 0.310. The van der Waals surface area contributed by atoms with E-state index < -0.39 is 28.5 Å². The van der Waals surface area contributed by atoms with Crippen molar-refractivity contribution in [2.75, 3.05) is 17.4 Å². The summed E-state index contributed by atoms with van der Waals surface area (Å²) in [5, 5.41) is 3.37. The Morgan fingerprint density at radius 1 is 0.974 bits per heavy atom. The van der Waals surface area contributed by atoms with Crippen molar-refractivity contribution in [3.63, 3.8) is 0 Å². The molecule has 0 bridgehead atoms. The summed E-state index contributed by atoms with van der Waals surface area (Å²) in [6.07, 6.45) is 1.74. The Balaban J connectivity index is 1.97. The van der Waals surface area contributed by atoms with Crippen molar-refractivity contribution >= 4 is 39.1 Å². The molecule has 0 heterocycles. The second-order valence-electron chi connectivity index (χ2n) is 9.13. The van der Waals surface area contributed by atoms with Crippen LogP contribution in [0.25, 0.3) is 0 Å². The lowest BCUT2D eigenvalue weighted by Crippen LogP contribution is -2.51. The summed E-state index contributed by atoms with van der Waals surface area (Å²) in [6.45, 7) is 5.65. The summed E-state index contributed by atoms with van der Waals surface area (Å²) in [4.78, 5) is 28.3. The number of sulfonamides is 1. The molecule has 0 aliphatic carbocycles. The number of amides is 2. The highest BCUT2D eigenvalue weighted by atomic mass is 35.5. The van der Waals surface area contributed by atoms with Gasteiger partial charge in [-0.1, -0.05) is 73.0 Å². The second-order valence-corrected chi connectivity index (χ2v) is 11.4. The van der Waals surface area contributed by atoms with Gasteiger partial charge in [-0.3, -0.25) is 13.9 Å². The summed E-state index contributed by atoms with van der Waals surface area (Å²) in [7, 11) is -4.08. The van der Waals surface area contributed by atoms with Crippen molar-refractivity contribution in [2.24, 2.45) is 0 Å². The lowest BCUT2D eigenvalue weighted by atomic mass is 10.1. The summed E-state index contributed by atoms with van der Waals surface area (Å²) < 4.78 is 28.6. The Hall–Kier alpha value is -3.36. The molecule has 1 N–H and O–H groups in total. The van der Waals surface area contributed by atoms with Gasteiger partial charge in [-0.05, 0) is 62.2 Å². The lowest BCUT2D eigenvalue weighted by Gasteiger charge is -2.32. The van der Waals surface area contributed by atoms with Crippen LogP contribution in [-0.2, 0) is 26.2 Å². The Bertz CT molecular complexity index is 1330. The maximum Gasteiger partial charge on any atom is 0.264 e. The number of anilines is 1. The molecule has 0 unspecified atom stereocenters. The minimum Gasteiger partial charge on any atom is -0.354 e. The highest BCUT2D eigenvalue weighted by Crippen LogP contribution is 2.25. The number of benzene rings is 3. The van der Waals surface area contributed by atoms with Crippen LogP contribution in [0.5, 0.6) is 0 Å². The molecule has 0 radical (unpaired) electrons. The van der Waals surface area contributed by atoms with E-state index in [0.717, 1.165) is 28.3 Å². The van der Waals surface area contributed by atoms with E-state index in [0.29, 0.717) is 17.3 Å². The van der Waals surface area contributed by atoms with Gasteiger partial charge in [0.1, 0.15) is 12.6 Å². The van der Waals surface area contributed by atoms with Crippen LogP contribution in [0, 0.1) is 6.92 Å². The second kappa shape index (κ2) is 13.4. The molecule has 3 aromatic rings. The fourth-order valence-electron chi connectivity index (χ4n) is 3.91. The Morgan fingerprint density at radius 2 is 1.66 bits per heavy atom. The molecule has 2 amide bonds. The third kappa shape index (κ3) is 7.58. The van der Waals surface area contributed by atoms with Crippen molar-refractivity contribution < 1.29 is 18.0 Å². The van der Waals surface area contributed by atoms with Crippen molar-refractivity contribution in [3.8, 4) is 0 Å². The molecule has 0 saturated heterocycles. The molecule has 0 saturated carbocycles. The molecular formula is C29H34ClN3O4S. The smallest absolute Gasteiger partial charge is 0.264 e. The number of carbonyl (C=O) groups excluding carboxylic acids is 2. The first-order valence-corrected chi connectivity index (χ1v) is 14.4. The van der Waals surface area contributed by atoms with Crippen LogP contribution in [0.15, 0.2) is 83.8 Å². The molecule has 0 aromatic heterocycles. The number of unbranched alkanes of at least 4 members (excludes halogenated alkanes) is 1. The van der Waals surface area contributed by atoms with Gasteiger partial charge < -0.3 is 10.2 Å². The molecular weight excluding hydrogens is 522 g/mol. The van der Waals surface area contributed by atoms with E-state index in [1.165, 1.54) is 17.0 Å². The van der Waals surface area contributed by atoms with Crippen LogP contribution >= 0.6 is 11.6 Å². The minimum absolute atomic E-state index is 0.0755. The zero-order chi connectivity index (χ0) is 27.7. The predicted octanol–water partition coefficient (Wildman–Crippen LogP) is 5.18. The SMILES string of the molecule is CCCCNC(=O)[C@H](C)N(Cc1cccc(Cl)c1)C(=O)CN(c1ccccc1)S(=O)(=O)c1ccc(C)cc1. The van der Waals surface area contributed by atoms with E-state index in [9.17, 15) is 18.0 Å². The molecule has 0 spiro atoms. The molecule has 3 rings (SSSR count). The van der Waals surface area contributed by atoms with Gasteiger partial charge in [-0.15, -0.1) is 0 Å². The highest BCUT2D eigenvalue weighted by molar-refractivity contribution is 7.92. The van der Waals surface area contributed by atoms with Crippen molar-refractivity contribution in [3.05, 3.63) is 95.0 Å². The average molecular weight is 556 g/mol. The van der Waals surface area contributed by atoms with Gasteiger partial charge in [-0.25, -0.2) is 8.42 Å². The van der Waals surface area contributed by atoms with E-state index >= 15 is 0 Å². The van der Waals surface area contributed by atoms with Gasteiger partial charge in [-0.2, -0.15) is 0 Å². The van der Waals surface area contributed by atoms with Crippen LogP contribution in [0.2, 0.25) is 5.02 Å². The molecule has 3 aromatic carbocycles. The molecule has 0 aliphatic heterocycles. The Labute approximate surface area is 230 Å². The molecule has 202 valence electrons. The van der Waals surface area contributed by atoms with Gasteiger partial charge >= 0.3 is 0 Å². The van der Waals surface area contributed by atoms with Gasteiger partial charge in [0, 0.05) is 18.1 Å². The number of nitrogens with one attached hydrogen (secondary N) is 1. The summed E-state index contributed by atoms with van der Waals surface area (Å²) in [6, 6.07) is 21.2. The number of nitrogens with zero attached hydrogens (tertiary/aromatic N) is 2. The van der Waals surface area contributed by atoms with Gasteiger partial charge in [0.15, 0.2) is 0 Å². The van der Waals surface area contributed by atoms with Crippen LogP contribution in [-0.4, -0.2) is 44.3 Å². The Kier molecular flexibility index (Phi) is 10.3. The highest BCUT2D eigenvalue weighted by Gasteiger charge is 2.32. The number of halogens is 1. The predicted molar refractivity (Wildman–Crippen MR) is 152 cm³/mol. The Morgan fingerprint density at radius 3 is 2.29 bits per heavy atom. The summed E-state index contributed by atoms with van der Waals surface area (Å²) in [5.74, 6) is -0.816. The summed E-state index contributed by atoms with van der Waals surface area (Å²) >= 11 is 6.17. The first-order chi connectivity index (χ1) is 18.1. The van der Waals surface area contributed by atoms with Gasteiger partial charge in [0.05, 0.1) is 10.6 Å². The van der Waals surface area contributed by atoms with Crippen LogP contribution in [0.4, 0.5) is 5.69 Å². The van der Waals surface area contributed by atoms with Crippen molar-refractivity contribution in [1.29, 1.82) is 0 Å². The number of rotatable bonds is 12. The zero-order valence-electron chi connectivity index (χ0n) is 21.9. The monoisotopic (exact) mass is 555 g/mol. The first-order valence-electron chi connectivity index (χ1n) is 12.6. The largest absolute Gasteiger partial charge is 0.354 e. The lowest BCUT2D eigenvalue weighted by molar-refractivity contribution is -0.139. The average Bonchev–Trinajstić information content (AvgIpc) is 2.90. The van der Waals surface area contributed by atoms with E-state index in [4.69, 9.17) is 11.6 Å². The maximum atomic E-state index is 13.8. The normalized spacial score (nSPS) is 12.0. The van der Waals surface area contributed by atoms with E-state index in [1.54, 1.807) is 67.6 Å². The quantitative estimate of drug-likeness (QED) is 0.312. The number of para-hydroxylation sites is 1. The summed E-state index contributed by atoms with van der Waals surface area (Å²) in [5.41, 5.74) is 2.00. The third-order valence-corrected chi connectivity index (χ3v) is 8.19. The van der Waals surface area contributed by atoms with E-state index in [2.05, 4.69) is 5.32 Å². The van der Waals surface area contributed by atoms with Crippen molar-refractivity contribution in [2.45, 2.75) is 51.1 Å². The molecule has 1 atom stereocenters. The van der Waals surface area contributed by atoms with Crippen LogP contribution in [0.1, 0.15) is 37.8 Å². The molecule has 0 fully saturated rings. The molecule has 0 aliphatic rings. The number of hydrogen-bond donors (Lipinski definition) is 1. The minimum atomic E-state index is -4.08. The molecule has 7 nitrogen and oxygen atoms in total. The number of hydrogen-bond acceptors (Lipinski definition) is 4. The standard InChI is InChI=1S/C29H34ClN3O4S/c1-4-5-18-31-29(35)23(3)32(20-24-10-9-11-25(30)19-24)28(34)21-33(26-12-7-6-8-13-26)38(36,37)27-16-14-22(2)15-17-27/h6-17,19,23H,4-5,18,20-21H2,1-3H3,(H,31,35)/t23-/m0/s1. The van der Waals surface area contributed by atoms with Crippen molar-refractivity contribution in [1.82, 2.24) is 10.2 Å². The molecule has 38 heavy (non-hydrogen) atoms. The topological polar surface area (TPSA) is 86.8 Å². The van der Waals surface area contributed by atoms with E-state index in [-0.39, 0.29) is 17.3 Å². The van der Waals surface area contributed by atoms with Gasteiger partial charge in [0.25, 0.3) is 10.0 Å². The fourth-order valence-corrected chi connectivity index (χ4v) is 5.54. The molecule has 9 heteroatoms. The van der Waals surface area contributed by atoms with Crippen LogP contribution < -0.4 is 9.62 Å². The zero-order valence-corrected chi connectivity index (χ0v) is 23.5. The van der Waals surface area contributed by atoms with Gasteiger partial charge in [0.2, 0.25) is 11.8 Å². The first kappa shape index (κ1) is 29.2. The number of carbonyl (C=O) groups is 2. The van der Waals surface area contributed by atoms with Crippen LogP contribution in [0.3, 0.4) is 0 Å². The van der Waals surface area contributed by atoms with E-state index in [1.807, 2.05) is 19.9 Å². The maximum absolute atomic E-state index is 13.8.